The van der Waals surface area contributed by atoms with Gasteiger partial charge in [0.2, 0.25) is 10.0 Å². The zero-order valence-electron chi connectivity index (χ0n) is 9.95. The average Bonchev–Trinajstić information content (AvgIpc) is 2.86. The van der Waals surface area contributed by atoms with Crippen LogP contribution in [0.15, 0.2) is 14.1 Å². The molecule has 1 fully saturated rings. The summed E-state index contributed by atoms with van der Waals surface area (Å²) in [5.74, 6) is 0.407. The van der Waals surface area contributed by atoms with Gasteiger partial charge in [0.1, 0.15) is 4.21 Å². The lowest BCUT2D eigenvalue weighted by atomic mass is 10.1. The smallest absolute Gasteiger partial charge is 0.207 e. The fraction of sp³-hybridized carbons (Fsp3) is 0.636. The zero-order valence-corrected chi connectivity index (χ0v) is 14.8. The molecule has 2 rings (SSSR count). The maximum Gasteiger partial charge on any atom is 0.250 e. The molecule has 1 heterocycles. The van der Waals surface area contributed by atoms with E-state index in [9.17, 15) is 8.42 Å². The lowest BCUT2D eigenvalue weighted by molar-refractivity contribution is 0.485. The number of alkyl halides is 1. The predicted octanol–water partition coefficient (Wildman–Crippen LogP) is 3.66. The molecule has 0 aliphatic heterocycles. The summed E-state index contributed by atoms with van der Waals surface area (Å²) in [5, 5.41) is 0.855. The molecule has 1 N–H and O–H groups in total. The van der Waals surface area contributed by atoms with E-state index in [4.69, 9.17) is 0 Å². The molecule has 2 atom stereocenters. The fourth-order valence-corrected chi connectivity index (χ4v) is 6.55. The zero-order chi connectivity index (χ0) is 13.3. The van der Waals surface area contributed by atoms with Gasteiger partial charge in [0, 0.05) is 11.4 Å². The highest BCUT2D eigenvalue weighted by Crippen LogP contribution is 2.32. The largest absolute Gasteiger partial charge is 0.250 e. The molecule has 2 unspecified atom stereocenters. The molecule has 0 bridgehead atoms. The Morgan fingerprint density at radius 2 is 2.22 bits per heavy atom. The van der Waals surface area contributed by atoms with Gasteiger partial charge in [0.25, 0.3) is 0 Å². The third-order valence-electron chi connectivity index (χ3n) is 3.26. The van der Waals surface area contributed by atoms with Crippen molar-refractivity contribution >= 4 is 53.2 Å². The normalized spacial score (nSPS) is 24.6. The Balaban J connectivity index is 2.17. The number of aryl methyl sites for hydroxylation is 1. The van der Waals surface area contributed by atoms with Crippen molar-refractivity contribution in [1.82, 2.24) is 4.72 Å². The molecule has 1 aromatic rings. The Bertz CT molecular complexity index is 508. The van der Waals surface area contributed by atoms with Crippen molar-refractivity contribution in [1.29, 1.82) is 0 Å². The van der Waals surface area contributed by atoms with Crippen LogP contribution >= 0.6 is 43.2 Å². The van der Waals surface area contributed by atoms with Crippen molar-refractivity contribution < 1.29 is 8.42 Å². The van der Waals surface area contributed by atoms with E-state index in [1.807, 2.05) is 6.92 Å². The van der Waals surface area contributed by atoms with Crippen LogP contribution in [-0.2, 0) is 10.0 Å². The minimum atomic E-state index is -3.37. The van der Waals surface area contributed by atoms with Crippen molar-refractivity contribution in [3.63, 3.8) is 0 Å². The van der Waals surface area contributed by atoms with Gasteiger partial charge < -0.3 is 0 Å². The van der Waals surface area contributed by atoms with Crippen LogP contribution in [0.2, 0.25) is 0 Å². The van der Waals surface area contributed by atoms with Gasteiger partial charge in [-0.05, 0) is 53.2 Å². The van der Waals surface area contributed by atoms with E-state index in [1.165, 1.54) is 11.3 Å². The summed E-state index contributed by atoms with van der Waals surface area (Å²) >= 11 is 8.09. The third-order valence-corrected chi connectivity index (χ3v) is 8.20. The van der Waals surface area contributed by atoms with Crippen LogP contribution in [0.25, 0.3) is 0 Å². The van der Waals surface area contributed by atoms with Crippen molar-refractivity contribution in [3.05, 3.63) is 15.4 Å². The van der Waals surface area contributed by atoms with Gasteiger partial charge in [-0.15, -0.1) is 11.3 Å². The van der Waals surface area contributed by atoms with Crippen LogP contribution in [0, 0.1) is 12.8 Å². The molecule has 18 heavy (non-hydrogen) atoms. The third kappa shape index (κ3) is 3.17. The average molecular weight is 417 g/mol. The lowest BCUT2D eigenvalue weighted by Crippen LogP contribution is -2.37. The van der Waals surface area contributed by atoms with Gasteiger partial charge in [-0.3, -0.25) is 0 Å². The Morgan fingerprint density at radius 3 is 2.78 bits per heavy atom. The first-order valence-corrected chi connectivity index (χ1v) is 9.99. The molecule has 1 saturated carbocycles. The SMILES string of the molecule is Cc1cc(S(=O)(=O)NC2CCCC2CBr)sc1Br. The highest BCUT2D eigenvalue weighted by atomic mass is 79.9. The summed E-state index contributed by atoms with van der Waals surface area (Å²) in [6, 6.07) is 1.78. The number of nitrogens with one attached hydrogen (secondary N) is 1. The number of rotatable bonds is 4. The van der Waals surface area contributed by atoms with Crippen molar-refractivity contribution in [2.45, 2.75) is 36.4 Å². The summed E-state index contributed by atoms with van der Waals surface area (Å²) in [6.45, 7) is 1.90. The molecule has 1 aliphatic rings. The molecule has 0 spiro atoms. The van der Waals surface area contributed by atoms with E-state index in [-0.39, 0.29) is 6.04 Å². The van der Waals surface area contributed by atoms with Crippen LogP contribution in [-0.4, -0.2) is 19.8 Å². The van der Waals surface area contributed by atoms with Gasteiger partial charge in [-0.2, -0.15) is 0 Å². The molecule has 1 aliphatic carbocycles. The van der Waals surface area contributed by atoms with E-state index in [2.05, 4.69) is 36.6 Å². The molecule has 7 heteroatoms. The first kappa shape index (κ1) is 15.0. The fourth-order valence-electron chi connectivity index (χ4n) is 2.20. The van der Waals surface area contributed by atoms with Gasteiger partial charge in [0.15, 0.2) is 0 Å². The topological polar surface area (TPSA) is 46.2 Å². The maximum atomic E-state index is 12.3. The van der Waals surface area contributed by atoms with Gasteiger partial charge in [0.05, 0.1) is 3.79 Å². The minimum Gasteiger partial charge on any atom is -0.207 e. The quantitative estimate of drug-likeness (QED) is 0.761. The second-order valence-electron chi connectivity index (χ2n) is 4.60. The number of sulfonamides is 1. The van der Waals surface area contributed by atoms with E-state index in [0.29, 0.717) is 10.1 Å². The highest BCUT2D eigenvalue weighted by molar-refractivity contribution is 9.11. The Kier molecular flexibility index (Phi) is 4.91. The van der Waals surface area contributed by atoms with Crippen LogP contribution < -0.4 is 4.72 Å². The second-order valence-corrected chi connectivity index (χ2v) is 9.55. The number of hydrogen-bond acceptors (Lipinski definition) is 3. The lowest BCUT2D eigenvalue weighted by Gasteiger charge is -2.18. The maximum absolute atomic E-state index is 12.3. The predicted molar refractivity (Wildman–Crippen MR) is 82.0 cm³/mol. The minimum absolute atomic E-state index is 0.0653. The van der Waals surface area contributed by atoms with E-state index in [1.54, 1.807) is 6.07 Å². The molecular weight excluding hydrogens is 402 g/mol. The van der Waals surface area contributed by atoms with E-state index in [0.717, 1.165) is 33.9 Å². The van der Waals surface area contributed by atoms with Gasteiger partial charge in [-0.1, -0.05) is 22.4 Å². The van der Waals surface area contributed by atoms with Crippen molar-refractivity contribution in [2.24, 2.45) is 5.92 Å². The van der Waals surface area contributed by atoms with Crippen LogP contribution in [0.3, 0.4) is 0 Å². The summed E-state index contributed by atoms with van der Waals surface area (Å²) in [6.07, 6.45) is 3.11. The van der Waals surface area contributed by atoms with Gasteiger partial charge in [-0.25, -0.2) is 13.1 Å². The van der Waals surface area contributed by atoms with Crippen LogP contribution in [0.5, 0.6) is 0 Å². The first-order chi connectivity index (χ1) is 8.44. The Hall–Kier alpha value is 0.570. The first-order valence-electron chi connectivity index (χ1n) is 5.78. The molecule has 0 saturated heterocycles. The number of thiophene rings is 1. The molecule has 0 radical (unpaired) electrons. The molecule has 1 aromatic heterocycles. The summed E-state index contributed by atoms with van der Waals surface area (Å²) in [7, 11) is -3.37. The second kappa shape index (κ2) is 5.91. The summed E-state index contributed by atoms with van der Waals surface area (Å²) < 4.78 is 28.7. The number of hydrogen-bond donors (Lipinski definition) is 1. The molecule has 102 valence electrons. The molecule has 3 nitrogen and oxygen atoms in total. The molecular formula is C11H15Br2NO2S2. The highest BCUT2D eigenvalue weighted by Gasteiger charge is 2.31. The Morgan fingerprint density at radius 1 is 1.50 bits per heavy atom. The monoisotopic (exact) mass is 415 g/mol. The standard InChI is InChI=1S/C11H15Br2NO2S2/c1-7-5-10(17-11(7)13)18(15,16)14-9-4-2-3-8(9)6-12/h5,8-9,14H,2-4,6H2,1H3. The van der Waals surface area contributed by atoms with E-state index >= 15 is 0 Å². The van der Waals surface area contributed by atoms with Crippen molar-refractivity contribution in [3.8, 4) is 0 Å². The van der Waals surface area contributed by atoms with E-state index < -0.39 is 10.0 Å². The summed E-state index contributed by atoms with van der Waals surface area (Å²) in [4.78, 5) is 0. The van der Waals surface area contributed by atoms with Crippen LogP contribution in [0.4, 0.5) is 0 Å². The van der Waals surface area contributed by atoms with Crippen molar-refractivity contribution in [2.75, 3.05) is 5.33 Å². The molecule has 0 amide bonds. The van der Waals surface area contributed by atoms with Crippen LogP contribution in [0.1, 0.15) is 24.8 Å². The Labute approximate surface area is 129 Å². The number of halogens is 2. The summed E-state index contributed by atoms with van der Waals surface area (Å²) in [5.41, 5.74) is 0.962. The van der Waals surface area contributed by atoms with Gasteiger partial charge >= 0.3 is 0 Å². The molecule has 0 aromatic carbocycles.